The first kappa shape index (κ1) is 21.1. The molecule has 2 aliphatic heterocycles. The van der Waals surface area contributed by atoms with Gasteiger partial charge < -0.3 is 19.5 Å². The number of halogens is 1. The molecule has 0 aromatic heterocycles. The lowest BCUT2D eigenvalue weighted by atomic mass is 9.86. The standard InChI is InChI=1S/C22H29FN2O5/c1-14-12-24(17-7-8-22(21(27)28,30-13-17)15-3-4-15)9-10-25(14)16-5-6-19(23)18(11-16)20(26)29-2/h5-6,11,14-15,17H,3-4,7-10,12-13H2,1-2H3,(H,27,28)/t14-,17+,22-/m0/s1. The lowest BCUT2D eigenvalue weighted by molar-refractivity contribution is -0.182. The number of hydrogen-bond acceptors (Lipinski definition) is 6. The highest BCUT2D eigenvalue weighted by molar-refractivity contribution is 5.90. The molecule has 1 aromatic rings. The van der Waals surface area contributed by atoms with Crippen molar-refractivity contribution >= 4 is 17.6 Å². The Balaban J connectivity index is 1.39. The van der Waals surface area contributed by atoms with Crippen molar-refractivity contribution in [3.63, 3.8) is 0 Å². The van der Waals surface area contributed by atoms with E-state index in [4.69, 9.17) is 4.74 Å². The number of anilines is 1. The zero-order valence-corrected chi connectivity index (χ0v) is 17.5. The summed E-state index contributed by atoms with van der Waals surface area (Å²) in [6.07, 6.45) is 3.26. The van der Waals surface area contributed by atoms with E-state index < -0.39 is 23.4 Å². The number of benzene rings is 1. The van der Waals surface area contributed by atoms with Crippen molar-refractivity contribution in [2.75, 3.05) is 38.3 Å². The van der Waals surface area contributed by atoms with E-state index in [9.17, 15) is 19.1 Å². The summed E-state index contributed by atoms with van der Waals surface area (Å²) >= 11 is 0. The molecule has 7 nitrogen and oxygen atoms in total. The maximum absolute atomic E-state index is 14.0. The molecule has 2 heterocycles. The Morgan fingerprint density at radius 3 is 2.60 bits per heavy atom. The van der Waals surface area contributed by atoms with Gasteiger partial charge in [0.05, 0.1) is 19.3 Å². The quantitative estimate of drug-likeness (QED) is 0.734. The van der Waals surface area contributed by atoms with Crippen molar-refractivity contribution < 1.29 is 28.6 Å². The minimum atomic E-state index is -0.984. The molecule has 164 valence electrons. The number of piperazine rings is 1. The maximum Gasteiger partial charge on any atom is 0.340 e. The molecule has 3 aliphatic rings. The molecule has 0 unspecified atom stereocenters. The number of hydrogen-bond donors (Lipinski definition) is 1. The van der Waals surface area contributed by atoms with Crippen LogP contribution >= 0.6 is 0 Å². The third-order valence-corrected chi connectivity index (χ3v) is 6.84. The van der Waals surface area contributed by atoms with E-state index in [1.165, 1.54) is 13.2 Å². The summed E-state index contributed by atoms with van der Waals surface area (Å²) in [5.74, 6) is -1.93. The third-order valence-electron chi connectivity index (χ3n) is 6.84. The van der Waals surface area contributed by atoms with Crippen molar-refractivity contribution in [1.82, 2.24) is 4.90 Å². The zero-order chi connectivity index (χ0) is 21.5. The van der Waals surface area contributed by atoms with Gasteiger partial charge >= 0.3 is 11.9 Å². The highest BCUT2D eigenvalue weighted by Crippen LogP contribution is 2.47. The predicted molar refractivity (Wildman–Crippen MR) is 108 cm³/mol. The molecule has 2 saturated heterocycles. The molecule has 1 aromatic carbocycles. The third kappa shape index (κ3) is 3.78. The minimum Gasteiger partial charge on any atom is -0.479 e. The van der Waals surface area contributed by atoms with Gasteiger partial charge in [0.2, 0.25) is 0 Å². The van der Waals surface area contributed by atoms with Gasteiger partial charge in [0.1, 0.15) is 5.82 Å². The number of rotatable bonds is 5. The molecule has 8 heteroatoms. The smallest absolute Gasteiger partial charge is 0.340 e. The number of carbonyl (C=O) groups excluding carboxylic acids is 1. The normalized spacial score (nSPS) is 30.2. The lowest BCUT2D eigenvalue weighted by Gasteiger charge is -2.47. The Labute approximate surface area is 175 Å². The predicted octanol–water partition coefficient (Wildman–Crippen LogP) is 2.54. The van der Waals surface area contributed by atoms with Gasteiger partial charge in [-0.2, -0.15) is 0 Å². The van der Waals surface area contributed by atoms with E-state index >= 15 is 0 Å². The van der Waals surface area contributed by atoms with Crippen molar-refractivity contribution in [1.29, 1.82) is 0 Å². The second kappa shape index (κ2) is 8.15. The number of methoxy groups -OCH3 is 1. The van der Waals surface area contributed by atoms with Crippen LogP contribution in [-0.4, -0.2) is 73.0 Å². The minimum absolute atomic E-state index is 0.0598. The number of esters is 1. The monoisotopic (exact) mass is 420 g/mol. The highest BCUT2D eigenvalue weighted by Gasteiger charge is 2.54. The van der Waals surface area contributed by atoms with Crippen LogP contribution in [0.3, 0.4) is 0 Å². The van der Waals surface area contributed by atoms with Crippen LogP contribution < -0.4 is 4.90 Å². The molecular weight excluding hydrogens is 391 g/mol. The summed E-state index contributed by atoms with van der Waals surface area (Å²) in [4.78, 5) is 28.2. The second-order valence-electron chi connectivity index (χ2n) is 8.67. The molecule has 3 fully saturated rings. The first-order valence-electron chi connectivity index (χ1n) is 10.6. The van der Waals surface area contributed by atoms with Gasteiger partial charge in [0.15, 0.2) is 5.60 Å². The van der Waals surface area contributed by atoms with Crippen LogP contribution in [0.4, 0.5) is 10.1 Å². The van der Waals surface area contributed by atoms with Crippen molar-refractivity contribution in [2.24, 2.45) is 5.92 Å². The molecule has 0 spiro atoms. The Morgan fingerprint density at radius 2 is 2.03 bits per heavy atom. The molecule has 4 rings (SSSR count). The van der Waals surface area contributed by atoms with Gasteiger partial charge in [-0.05, 0) is 56.7 Å². The molecule has 0 bridgehead atoms. The van der Waals surface area contributed by atoms with Crippen LogP contribution in [0.25, 0.3) is 0 Å². The molecule has 1 aliphatic carbocycles. The summed E-state index contributed by atoms with van der Waals surface area (Å²) < 4.78 is 24.6. The Bertz CT molecular complexity index is 820. The Morgan fingerprint density at radius 1 is 1.27 bits per heavy atom. The number of carbonyl (C=O) groups is 2. The van der Waals surface area contributed by atoms with E-state index in [1.54, 1.807) is 12.1 Å². The molecule has 1 saturated carbocycles. The van der Waals surface area contributed by atoms with Crippen molar-refractivity contribution in [2.45, 2.75) is 50.3 Å². The van der Waals surface area contributed by atoms with Gasteiger partial charge in [-0.25, -0.2) is 14.0 Å². The Kier molecular flexibility index (Phi) is 5.72. The highest BCUT2D eigenvalue weighted by atomic mass is 19.1. The molecule has 0 radical (unpaired) electrons. The number of carboxylic acid groups (broad SMARTS) is 1. The van der Waals surface area contributed by atoms with Crippen LogP contribution in [0, 0.1) is 11.7 Å². The molecular formula is C22H29FN2O5. The second-order valence-corrected chi connectivity index (χ2v) is 8.67. The van der Waals surface area contributed by atoms with E-state index in [2.05, 4.69) is 21.5 Å². The fraction of sp³-hybridized carbons (Fsp3) is 0.636. The fourth-order valence-electron chi connectivity index (χ4n) is 4.94. The number of carboxylic acids is 1. The first-order chi connectivity index (χ1) is 14.4. The summed E-state index contributed by atoms with van der Waals surface area (Å²) in [7, 11) is 1.24. The van der Waals surface area contributed by atoms with Crippen molar-refractivity contribution in [3.8, 4) is 0 Å². The summed E-state index contributed by atoms with van der Waals surface area (Å²) in [6, 6.07) is 4.91. The van der Waals surface area contributed by atoms with E-state index in [1.807, 2.05) is 0 Å². The van der Waals surface area contributed by atoms with E-state index in [0.29, 0.717) is 13.0 Å². The SMILES string of the molecule is COC(=O)c1cc(N2CCN([C@@H]3CC[C@@](C(=O)O)(C4CC4)OC3)C[C@@H]2C)ccc1F. The largest absolute Gasteiger partial charge is 0.479 e. The van der Waals surface area contributed by atoms with E-state index in [-0.39, 0.29) is 23.6 Å². The number of ether oxygens (including phenoxy) is 2. The van der Waals surface area contributed by atoms with Crippen molar-refractivity contribution in [3.05, 3.63) is 29.6 Å². The van der Waals surface area contributed by atoms with Gasteiger partial charge in [0, 0.05) is 37.4 Å². The van der Waals surface area contributed by atoms with Crippen LogP contribution in [0.5, 0.6) is 0 Å². The zero-order valence-electron chi connectivity index (χ0n) is 17.5. The van der Waals surface area contributed by atoms with Gasteiger partial charge in [-0.15, -0.1) is 0 Å². The fourth-order valence-corrected chi connectivity index (χ4v) is 4.94. The molecule has 3 atom stereocenters. The average molecular weight is 420 g/mol. The first-order valence-corrected chi connectivity index (χ1v) is 10.6. The Hall–Kier alpha value is -2.19. The van der Waals surface area contributed by atoms with Gasteiger partial charge in [-0.3, -0.25) is 4.90 Å². The summed E-state index contributed by atoms with van der Waals surface area (Å²) in [5, 5.41) is 9.69. The van der Waals surface area contributed by atoms with Gasteiger partial charge in [-0.1, -0.05) is 0 Å². The lowest BCUT2D eigenvalue weighted by Crippen LogP contribution is -2.59. The van der Waals surface area contributed by atoms with Crippen LogP contribution in [0.15, 0.2) is 18.2 Å². The molecule has 1 N–H and O–H groups in total. The summed E-state index contributed by atoms with van der Waals surface area (Å²) in [6.45, 7) is 4.87. The summed E-state index contributed by atoms with van der Waals surface area (Å²) in [5.41, 5.74) is -0.250. The van der Waals surface area contributed by atoms with Crippen LogP contribution in [0.1, 0.15) is 43.0 Å². The number of nitrogens with zero attached hydrogens (tertiary/aromatic N) is 2. The maximum atomic E-state index is 14.0. The van der Waals surface area contributed by atoms with E-state index in [0.717, 1.165) is 44.6 Å². The number of aliphatic carboxylic acids is 1. The van der Waals surface area contributed by atoms with Crippen LogP contribution in [0.2, 0.25) is 0 Å². The topological polar surface area (TPSA) is 79.3 Å². The molecule has 30 heavy (non-hydrogen) atoms. The molecule has 0 amide bonds. The van der Waals surface area contributed by atoms with Gasteiger partial charge in [0.25, 0.3) is 0 Å². The average Bonchev–Trinajstić information content (AvgIpc) is 3.59. The van der Waals surface area contributed by atoms with Crippen LogP contribution in [-0.2, 0) is 14.3 Å².